The summed E-state index contributed by atoms with van der Waals surface area (Å²) in [6.07, 6.45) is 0. The minimum atomic E-state index is -0.954. The number of nitro benzene ring substituents is 1. The van der Waals surface area contributed by atoms with E-state index < -0.39 is 22.3 Å². The van der Waals surface area contributed by atoms with Gasteiger partial charge in [-0.3, -0.25) is 15.5 Å². The maximum absolute atomic E-state index is 13.0. The fourth-order valence-corrected chi connectivity index (χ4v) is 0.932. The van der Waals surface area contributed by atoms with Crippen molar-refractivity contribution in [3.8, 4) is 0 Å². The lowest BCUT2D eigenvalue weighted by molar-refractivity contribution is -0.385. The summed E-state index contributed by atoms with van der Waals surface area (Å²) in [6, 6.07) is 1.64. The van der Waals surface area contributed by atoms with E-state index in [-0.39, 0.29) is 11.3 Å². The van der Waals surface area contributed by atoms with Gasteiger partial charge in [-0.25, -0.2) is 4.39 Å². The van der Waals surface area contributed by atoms with Gasteiger partial charge < -0.3 is 11.5 Å². The molecule has 16 heavy (non-hydrogen) atoms. The number of nitrogens with one attached hydrogen (secondary N) is 1. The van der Waals surface area contributed by atoms with Crippen LogP contribution < -0.4 is 11.5 Å². The highest BCUT2D eigenvalue weighted by molar-refractivity contribution is 6.00. The fraction of sp³-hybridized carbons (Fsp3) is 0.222. The van der Waals surface area contributed by atoms with Crippen molar-refractivity contribution < 1.29 is 9.31 Å². The van der Waals surface area contributed by atoms with Crippen molar-refractivity contribution in [3.63, 3.8) is 0 Å². The van der Waals surface area contributed by atoms with Crippen molar-refractivity contribution in [1.29, 1.82) is 5.41 Å². The Balaban J connectivity index is 0.00000106. The Hall–Kier alpha value is -2.18. The number of hydrogen-bond donors (Lipinski definition) is 3. The van der Waals surface area contributed by atoms with E-state index in [4.69, 9.17) is 16.9 Å². The summed E-state index contributed by atoms with van der Waals surface area (Å²) in [6.45, 7) is 4.00. The van der Waals surface area contributed by atoms with Gasteiger partial charge >= 0.3 is 0 Å². The van der Waals surface area contributed by atoms with Crippen LogP contribution in [0.2, 0.25) is 0 Å². The second-order valence-electron chi connectivity index (χ2n) is 2.56. The lowest BCUT2D eigenvalue weighted by Crippen LogP contribution is -2.15. The Morgan fingerprint density at radius 1 is 1.50 bits per heavy atom. The molecule has 5 N–H and O–H groups in total. The largest absolute Gasteiger partial charge is 0.396 e. The Bertz CT molecular complexity index is 420. The van der Waals surface area contributed by atoms with Gasteiger partial charge in [0, 0.05) is 11.6 Å². The Labute approximate surface area is 91.7 Å². The highest BCUT2D eigenvalue weighted by atomic mass is 19.1. The minimum absolute atomic E-state index is 0.170. The number of anilines is 1. The van der Waals surface area contributed by atoms with Crippen LogP contribution in [0, 0.1) is 21.3 Å². The van der Waals surface area contributed by atoms with E-state index in [1.54, 1.807) is 0 Å². The third-order valence-corrected chi connectivity index (χ3v) is 1.62. The molecule has 0 aliphatic rings. The number of amidine groups is 1. The van der Waals surface area contributed by atoms with Crippen molar-refractivity contribution >= 4 is 17.2 Å². The minimum Gasteiger partial charge on any atom is -0.396 e. The third kappa shape index (κ3) is 2.91. The van der Waals surface area contributed by atoms with Gasteiger partial charge in [0.25, 0.3) is 5.69 Å². The first-order valence-corrected chi connectivity index (χ1v) is 4.51. The van der Waals surface area contributed by atoms with Crippen LogP contribution in [0.3, 0.4) is 0 Å². The lowest BCUT2D eigenvalue weighted by Gasteiger charge is -2.03. The predicted molar refractivity (Wildman–Crippen MR) is 59.8 cm³/mol. The molecule has 0 amide bonds. The molecule has 0 saturated carbocycles. The number of nitrogens with zero attached hydrogens (tertiary/aromatic N) is 1. The highest BCUT2D eigenvalue weighted by Crippen LogP contribution is 2.22. The smallest absolute Gasteiger partial charge is 0.273 e. The number of non-ortho nitro benzene ring substituents is 1. The van der Waals surface area contributed by atoms with Crippen LogP contribution in [-0.4, -0.2) is 10.8 Å². The molecule has 0 radical (unpaired) electrons. The van der Waals surface area contributed by atoms with E-state index in [9.17, 15) is 14.5 Å². The van der Waals surface area contributed by atoms with Crippen LogP contribution >= 0.6 is 0 Å². The molecule has 0 aliphatic heterocycles. The molecule has 0 unspecified atom stereocenters. The Morgan fingerprint density at radius 2 is 2.00 bits per heavy atom. The SMILES string of the molecule is CC.N=C(N)c1cc([N+](=O)[O-])cc(F)c1N. The second-order valence-corrected chi connectivity index (χ2v) is 2.56. The summed E-state index contributed by atoms with van der Waals surface area (Å²) in [5.74, 6) is -1.46. The molecule has 0 atom stereocenters. The van der Waals surface area contributed by atoms with Crippen molar-refractivity contribution in [3.05, 3.63) is 33.6 Å². The van der Waals surface area contributed by atoms with E-state index in [0.29, 0.717) is 6.07 Å². The molecule has 1 aromatic carbocycles. The predicted octanol–water partition coefficient (Wildman–Crippen LogP) is 1.63. The number of rotatable bonds is 2. The summed E-state index contributed by atoms with van der Waals surface area (Å²) in [5.41, 5.74) is 9.29. The monoisotopic (exact) mass is 228 g/mol. The first kappa shape index (κ1) is 13.8. The maximum atomic E-state index is 13.0. The van der Waals surface area contributed by atoms with Crippen molar-refractivity contribution in [1.82, 2.24) is 0 Å². The van der Waals surface area contributed by atoms with Crippen LogP contribution in [-0.2, 0) is 0 Å². The molecule has 1 aromatic rings. The molecular weight excluding hydrogens is 215 g/mol. The Kier molecular flexibility index (Phi) is 4.87. The quantitative estimate of drug-likeness (QED) is 0.234. The average molecular weight is 228 g/mol. The number of benzene rings is 1. The molecule has 0 aliphatic carbocycles. The molecule has 1 rings (SSSR count). The van der Waals surface area contributed by atoms with Crippen LogP contribution in [0.15, 0.2) is 12.1 Å². The number of halogens is 1. The van der Waals surface area contributed by atoms with Crippen LogP contribution in [0.1, 0.15) is 19.4 Å². The molecule has 0 heterocycles. The van der Waals surface area contributed by atoms with Crippen LogP contribution in [0.5, 0.6) is 0 Å². The van der Waals surface area contributed by atoms with E-state index in [1.807, 2.05) is 13.8 Å². The number of nitro groups is 1. The van der Waals surface area contributed by atoms with Gasteiger partial charge in [-0.05, 0) is 0 Å². The maximum Gasteiger partial charge on any atom is 0.273 e. The molecule has 0 saturated heterocycles. The molecule has 6 nitrogen and oxygen atoms in total. The van der Waals surface area contributed by atoms with Gasteiger partial charge in [0.1, 0.15) is 5.84 Å². The zero-order valence-corrected chi connectivity index (χ0v) is 8.95. The zero-order chi connectivity index (χ0) is 12.9. The van der Waals surface area contributed by atoms with Crippen molar-refractivity contribution in [2.45, 2.75) is 13.8 Å². The molecular formula is C9H13FN4O2. The van der Waals surface area contributed by atoms with Crippen LogP contribution in [0.4, 0.5) is 15.8 Å². The van der Waals surface area contributed by atoms with E-state index in [2.05, 4.69) is 0 Å². The number of hydrogen-bond acceptors (Lipinski definition) is 4. The summed E-state index contributed by atoms with van der Waals surface area (Å²) < 4.78 is 13.0. The first-order valence-electron chi connectivity index (χ1n) is 4.51. The summed E-state index contributed by atoms with van der Waals surface area (Å²) in [5, 5.41) is 17.3. The second kappa shape index (κ2) is 5.64. The summed E-state index contributed by atoms with van der Waals surface area (Å²) in [4.78, 5) is 9.54. The van der Waals surface area contributed by atoms with E-state index in [1.165, 1.54) is 0 Å². The topological polar surface area (TPSA) is 119 Å². The van der Waals surface area contributed by atoms with Gasteiger partial charge in [-0.15, -0.1) is 0 Å². The molecule has 0 bridgehead atoms. The summed E-state index contributed by atoms with van der Waals surface area (Å²) >= 11 is 0. The van der Waals surface area contributed by atoms with Gasteiger partial charge in [0.15, 0.2) is 5.82 Å². The van der Waals surface area contributed by atoms with Gasteiger partial charge in [0.05, 0.1) is 16.7 Å². The van der Waals surface area contributed by atoms with Gasteiger partial charge in [0.2, 0.25) is 0 Å². The lowest BCUT2D eigenvalue weighted by atomic mass is 10.1. The molecule has 88 valence electrons. The van der Waals surface area contributed by atoms with Crippen molar-refractivity contribution in [2.75, 3.05) is 5.73 Å². The summed E-state index contributed by atoms with van der Waals surface area (Å²) in [7, 11) is 0. The standard InChI is InChI=1S/C7H7FN4O2.C2H6/c8-5-2-3(12(13)14)1-4(6(5)9)7(10)11;1-2/h1-2H,9H2,(H3,10,11);1-2H3. The normalized spacial score (nSPS) is 8.94. The fourth-order valence-electron chi connectivity index (χ4n) is 0.932. The average Bonchev–Trinajstić information content (AvgIpc) is 2.24. The van der Waals surface area contributed by atoms with Gasteiger partial charge in [-0.2, -0.15) is 0 Å². The van der Waals surface area contributed by atoms with Gasteiger partial charge in [-0.1, -0.05) is 13.8 Å². The van der Waals surface area contributed by atoms with Crippen LogP contribution in [0.25, 0.3) is 0 Å². The molecule has 0 fully saturated rings. The number of nitrogen functional groups attached to an aromatic ring is 2. The molecule has 0 aromatic heterocycles. The first-order chi connectivity index (χ1) is 7.43. The molecule has 7 heteroatoms. The van der Waals surface area contributed by atoms with E-state index in [0.717, 1.165) is 6.07 Å². The van der Waals surface area contributed by atoms with E-state index >= 15 is 0 Å². The Morgan fingerprint density at radius 3 is 2.38 bits per heavy atom. The third-order valence-electron chi connectivity index (χ3n) is 1.62. The highest BCUT2D eigenvalue weighted by Gasteiger charge is 2.15. The zero-order valence-electron chi connectivity index (χ0n) is 8.95. The molecule has 0 spiro atoms. The number of nitrogens with two attached hydrogens (primary N) is 2. The van der Waals surface area contributed by atoms with Crippen molar-refractivity contribution in [2.24, 2.45) is 5.73 Å².